The van der Waals surface area contributed by atoms with E-state index in [-0.39, 0.29) is 17.2 Å². The number of aliphatic imine (C=N–C) groups is 1. The van der Waals surface area contributed by atoms with Gasteiger partial charge in [-0.25, -0.2) is 0 Å². The highest BCUT2D eigenvalue weighted by atomic mass is 19.4. The quantitative estimate of drug-likeness (QED) is 0.360. The lowest BCUT2D eigenvalue weighted by molar-refractivity contribution is -0.137. The van der Waals surface area contributed by atoms with E-state index in [2.05, 4.69) is 20.9 Å². The Morgan fingerprint density at radius 2 is 1.89 bits per heavy atom. The van der Waals surface area contributed by atoms with Gasteiger partial charge in [-0.05, 0) is 44.2 Å². The van der Waals surface area contributed by atoms with E-state index in [1.54, 1.807) is 6.07 Å². The number of hydrogen-bond donors (Lipinski definition) is 3. The number of nitrogens with one attached hydrogen (secondary N) is 3. The van der Waals surface area contributed by atoms with E-state index >= 15 is 0 Å². The topological polar surface area (TPSA) is 65.5 Å². The number of hydrogen-bond acceptors (Lipinski definition) is 2. The molecule has 2 aliphatic rings. The molecule has 2 aliphatic carbocycles. The van der Waals surface area contributed by atoms with E-state index in [9.17, 15) is 18.0 Å². The summed E-state index contributed by atoms with van der Waals surface area (Å²) in [4.78, 5) is 16.2. The average molecular weight is 396 g/mol. The predicted octanol–water partition coefficient (Wildman–Crippen LogP) is 2.82. The van der Waals surface area contributed by atoms with Gasteiger partial charge in [0, 0.05) is 31.0 Å². The van der Waals surface area contributed by atoms with Crippen molar-refractivity contribution in [3.63, 3.8) is 0 Å². The van der Waals surface area contributed by atoms with E-state index in [1.807, 2.05) is 6.92 Å². The van der Waals surface area contributed by atoms with Gasteiger partial charge in [-0.15, -0.1) is 0 Å². The molecule has 1 amide bonds. The molecule has 1 aromatic carbocycles. The molecule has 0 aromatic heterocycles. The number of nitrogens with zero attached hydrogens (tertiary/aromatic N) is 1. The van der Waals surface area contributed by atoms with E-state index in [1.165, 1.54) is 12.1 Å². The number of carbonyl (C=O) groups excluding carboxylic acids is 1. The monoisotopic (exact) mass is 396 g/mol. The first-order valence-corrected chi connectivity index (χ1v) is 9.82. The fourth-order valence-corrected chi connectivity index (χ4v) is 3.14. The summed E-state index contributed by atoms with van der Waals surface area (Å²) in [5.41, 5.74) is -0.237. The SMILES string of the molecule is CCNC(=NCC1(c2cccc(C(F)(F)F)c2)CC1)NCCNC(=O)C1CC1. The first kappa shape index (κ1) is 20.5. The maximum Gasteiger partial charge on any atom is 0.416 e. The zero-order chi connectivity index (χ0) is 20.2. The van der Waals surface area contributed by atoms with Crippen LogP contribution < -0.4 is 16.0 Å². The fraction of sp³-hybridized carbons (Fsp3) is 0.600. The Morgan fingerprint density at radius 3 is 2.50 bits per heavy atom. The molecule has 0 atom stereocenters. The van der Waals surface area contributed by atoms with Crippen molar-refractivity contribution in [3.8, 4) is 0 Å². The van der Waals surface area contributed by atoms with Gasteiger partial charge < -0.3 is 16.0 Å². The van der Waals surface area contributed by atoms with Crippen molar-refractivity contribution in [1.82, 2.24) is 16.0 Å². The predicted molar refractivity (Wildman–Crippen MR) is 102 cm³/mol. The molecule has 0 saturated heterocycles. The number of benzene rings is 1. The maximum atomic E-state index is 13.0. The molecule has 3 rings (SSSR count). The fourth-order valence-electron chi connectivity index (χ4n) is 3.14. The van der Waals surface area contributed by atoms with Crippen molar-refractivity contribution in [2.75, 3.05) is 26.2 Å². The van der Waals surface area contributed by atoms with Gasteiger partial charge in [0.15, 0.2) is 5.96 Å². The Labute approximate surface area is 163 Å². The Morgan fingerprint density at radius 1 is 1.18 bits per heavy atom. The molecule has 154 valence electrons. The molecule has 8 heteroatoms. The lowest BCUT2D eigenvalue weighted by Gasteiger charge is -2.17. The maximum absolute atomic E-state index is 13.0. The summed E-state index contributed by atoms with van der Waals surface area (Å²) in [5, 5.41) is 9.19. The molecular formula is C20H27F3N4O. The summed E-state index contributed by atoms with van der Waals surface area (Å²) in [6, 6.07) is 5.57. The molecule has 28 heavy (non-hydrogen) atoms. The van der Waals surface area contributed by atoms with Crippen molar-refractivity contribution in [2.24, 2.45) is 10.9 Å². The molecule has 0 bridgehead atoms. The highest BCUT2D eigenvalue weighted by Gasteiger charge is 2.45. The summed E-state index contributed by atoms with van der Waals surface area (Å²) in [6.07, 6.45) is -0.734. The van der Waals surface area contributed by atoms with Crippen LogP contribution in [0.1, 0.15) is 43.7 Å². The largest absolute Gasteiger partial charge is 0.416 e. The Bertz CT molecular complexity index is 724. The van der Waals surface area contributed by atoms with Crippen molar-refractivity contribution in [3.05, 3.63) is 35.4 Å². The highest BCUT2D eigenvalue weighted by molar-refractivity contribution is 5.81. The van der Waals surface area contributed by atoms with Crippen LogP contribution in [0.4, 0.5) is 13.2 Å². The van der Waals surface area contributed by atoms with Crippen LogP contribution in [-0.4, -0.2) is 38.0 Å². The minimum absolute atomic E-state index is 0.102. The number of guanidine groups is 1. The molecule has 2 fully saturated rings. The van der Waals surface area contributed by atoms with Gasteiger partial charge in [-0.2, -0.15) is 13.2 Å². The van der Waals surface area contributed by atoms with E-state index in [0.29, 0.717) is 37.7 Å². The van der Waals surface area contributed by atoms with Gasteiger partial charge in [0.2, 0.25) is 5.91 Å². The van der Waals surface area contributed by atoms with Crippen molar-refractivity contribution >= 4 is 11.9 Å². The average Bonchev–Trinajstić information content (AvgIpc) is 3.56. The molecule has 0 unspecified atom stereocenters. The van der Waals surface area contributed by atoms with Gasteiger partial charge in [-0.3, -0.25) is 9.79 Å². The first-order valence-electron chi connectivity index (χ1n) is 9.82. The third kappa shape index (κ3) is 5.39. The standard InChI is InChI=1S/C20H27F3N4O/c1-2-24-18(26-11-10-25-17(28)14-6-7-14)27-13-19(8-9-19)15-4-3-5-16(12-15)20(21,22)23/h3-5,12,14H,2,6-11,13H2,1H3,(H,25,28)(H2,24,26,27). The summed E-state index contributed by atoms with van der Waals surface area (Å²) in [5.74, 6) is 0.899. The van der Waals surface area contributed by atoms with Crippen LogP contribution in [0.25, 0.3) is 0 Å². The second kappa shape index (κ2) is 8.41. The zero-order valence-corrected chi connectivity index (χ0v) is 16.0. The smallest absolute Gasteiger partial charge is 0.357 e. The van der Waals surface area contributed by atoms with Crippen LogP contribution >= 0.6 is 0 Å². The van der Waals surface area contributed by atoms with E-state index in [4.69, 9.17) is 0 Å². The molecule has 0 heterocycles. The molecule has 0 spiro atoms. The van der Waals surface area contributed by atoms with E-state index < -0.39 is 11.7 Å². The first-order chi connectivity index (χ1) is 13.3. The van der Waals surface area contributed by atoms with Crippen molar-refractivity contribution in [2.45, 2.75) is 44.2 Å². The van der Waals surface area contributed by atoms with Crippen LogP contribution in [0, 0.1) is 5.92 Å². The van der Waals surface area contributed by atoms with Gasteiger partial charge in [0.1, 0.15) is 0 Å². The summed E-state index contributed by atoms with van der Waals surface area (Å²) >= 11 is 0. The van der Waals surface area contributed by atoms with Gasteiger partial charge >= 0.3 is 6.18 Å². The molecule has 5 nitrogen and oxygen atoms in total. The van der Waals surface area contributed by atoms with Gasteiger partial charge in [0.25, 0.3) is 0 Å². The number of rotatable bonds is 8. The molecule has 3 N–H and O–H groups in total. The van der Waals surface area contributed by atoms with Crippen LogP contribution in [0.5, 0.6) is 0 Å². The molecule has 2 saturated carbocycles. The van der Waals surface area contributed by atoms with Crippen molar-refractivity contribution < 1.29 is 18.0 Å². The second-order valence-electron chi connectivity index (χ2n) is 7.55. The number of amides is 1. The summed E-state index contributed by atoms with van der Waals surface area (Å²) < 4.78 is 39.0. The highest BCUT2D eigenvalue weighted by Crippen LogP contribution is 2.49. The Kier molecular flexibility index (Phi) is 6.15. The summed E-state index contributed by atoms with van der Waals surface area (Å²) in [6.45, 7) is 4.11. The minimum atomic E-state index is -4.34. The van der Waals surface area contributed by atoms with Crippen LogP contribution in [0.3, 0.4) is 0 Å². The molecule has 0 radical (unpaired) electrons. The second-order valence-corrected chi connectivity index (χ2v) is 7.55. The lowest BCUT2D eigenvalue weighted by Crippen LogP contribution is -2.42. The van der Waals surface area contributed by atoms with Crippen LogP contribution in [0.2, 0.25) is 0 Å². The van der Waals surface area contributed by atoms with Crippen molar-refractivity contribution in [1.29, 1.82) is 0 Å². The van der Waals surface area contributed by atoms with Crippen LogP contribution in [-0.2, 0) is 16.4 Å². The van der Waals surface area contributed by atoms with Gasteiger partial charge in [-0.1, -0.05) is 18.2 Å². The molecular weight excluding hydrogens is 369 g/mol. The zero-order valence-electron chi connectivity index (χ0n) is 16.0. The van der Waals surface area contributed by atoms with Crippen LogP contribution in [0.15, 0.2) is 29.3 Å². The Hall–Kier alpha value is -2.25. The third-order valence-corrected chi connectivity index (χ3v) is 5.20. The molecule has 0 aliphatic heterocycles. The number of alkyl halides is 3. The Balaban J connectivity index is 1.56. The van der Waals surface area contributed by atoms with E-state index in [0.717, 1.165) is 31.7 Å². The lowest BCUT2D eigenvalue weighted by atomic mass is 9.94. The van der Waals surface area contributed by atoms with Gasteiger partial charge in [0.05, 0.1) is 12.1 Å². The third-order valence-electron chi connectivity index (χ3n) is 5.20. The molecule has 1 aromatic rings. The number of carbonyl (C=O) groups is 1. The number of halogens is 3. The normalized spacial score (nSPS) is 18.5. The summed E-state index contributed by atoms with van der Waals surface area (Å²) in [7, 11) is 0. The minimum Gasteiger partial charge on any atom is -0.357 e.